The number of carbonyl (C=O) groups is 1. The maximum absolute atomic E-state index is 11.7. The quantitative estimate of drug-likeness (QED) is 0.685. The third-order valence-electron chi connectivity index (χ3n) is 2.69. The molecule has 1 atom stereocenters. The van der Waals surface area contributed by atoms with Crippen molar-refractivity contribution in [2.75, 3.05) is 13.2 Å². The van der Waals surface area contributed by atoms with Gasteiger partial charge in [0, 0.05) is 19.2 Å². The van der Waals surface area contributed by atoms with Crippen molar-refractivity contribution in [2.24, 2.45) is 0 Å². The molecule has 0 saturated heterocycles. The molecule has 1 aliphatic carbocycles. The van der Waals surface area contributed by atoms with Gasteiger partial charge in [0.05, 0.1) is 11.6 Å². The fourth-order valence-electron chi connectivity index (χ4n) is 1.49. The molecule has 16 heavy (non-hydrogen) atoms. The van der Waals surface area contributed by atoms with Crippen molar-refractivity contribution in [3.05, 3.63) is 0 Å². The number of hydrogen-bond donors (Lipinski definition) is 2. The van der Waals surface area contributed by atoms with Crippen LogP contribution in [0, 0.1) is 0 Å². The van der Waals surface area contributed by atoms with E-state index in [0.29, 0.717) is 19.2 Å². The molecule has 1 saturated carbocycles. The third kappa shape index (κ3) is 4.94. The summed E-state index contributed by atoms with van der Waals surface area (Å²) in [6, 6.07) is 0.275. The van der Waals surface area contributed by atoms with Crippen molar-refractivity contribution < 1.29 is 9.53 Å². The molecule has 0 aromatic carbocycles. The van der Waals surface area contributed by atoms with Crippen LogP contribution in [0.4, 0.5) is 0 Å². The van der Waals surface area contributed by atoms with Crippen molar-refractivity contribution in [3.63, 3.8) is 0 Å². The summed E-state index contributed by atoms with van der Waals surface area (Å²) in [6.07, 6.45) is 2.26. The van der Waals surface area contributed by atoms with Gasteiger partial charge in [-0.05, 0) is 40.5 Å². The molecule has 1 amide bonds. The van der Waals surface area contributed by atoms with Gasteiger partial charge in [0.25, 0.3) is 0 Å². The van der Waals surface area contributed by atoms with Gasteiger partial charge in [0.15, 0.2) is 0 Å². The summed E-state index contributed by atoms with van der Waals surface area (Å²) in [4.78, 5) is 11.7. The zero-order valence-electron chi connectivity index (χ0n) is 10.8. The molecule has 94 valence electrons. The lowest BCUT2D eigenvalue weighted by molar-refractivity contribution is -0.123. The van der Waals surface area contributed by atoms with E-state index < -0.39 is 0 Å². The van der Waals surface area contributed by atoms with Gasteiger partial charge in [0.1, 0.15) is 0 Å². The monoisotopic (exact) mass is 228 g/mol. The van der Waals surface area contributed by atoms with Gasteiger partial charge in [-0.2, -0.15) is 0 Å². The number of rotatable bonds is 7. The van der Waals surface area contributed by atoms with E-state index in [9.17, 15) is 4.79 Å². The van der Waals surface area contributed by atoms with Crippen LogP contribution in [0.25, 0.3) is 0 Å². The topological polar surface area (TPSA) is 50.4 Å². The molecular weight excluding hydrogens is 204 g/mol. The minimum Gasteiger partial charge on any atom is -0.375 e. The molecule has 1 fully saturated rings. The highest BCUT2D eigenvalue weighted by molar-refractivity contribution is 5.81. The average molecular weight is 228 g/mol. The van der Waals surface area contributed by atoms with Gasteiger partial charge in [0.2, 0.25) is 5.91 Å². The summed E-state index contributed by atoms with van der Waals surface area (Å²) < 4.78 is 5.56. The van der Waals surface area contributed by atoms with Crippen molar-refractivity contribution in [1.82, 2.24) is 10.6 Å². The number of carbonyl (C=O) groups excluding carboxylic acids is 1. The number of hydrogen-bond acceptors (Lipinski definition) is 3. The minimum absolute atomic E-state index is 0.0924. The average Bonchev–Trinajstić information content (AvgIpc) is 2.98. The van der Waals surface area contributed by atoms with E-state index in [0.717, 1.165) is 12.8 Å². The molecule has 0 radical (unpaired) electrons. The lowest BCUT2D eigenvalue weighted by Gasteiger charge is -2.26. The molecule has 1 aliphatic rings. The largest absolute Gasteiger partial charge is 0.375 e. The van der Waals surface area contributed by atoms with Gasteiger partial charge >= 0.3 is 0 Å². The summed E-state index contributed by atoms with van der Waals surface area (Å²) in [6.45, 7) is 9.28. The molecule has 4 nitrogen and oxygen atoms in total. The lowest BCUT2D eigenvalue weighted by atomic mass is 10.1. The van der Waals surface area contributed by atoms with Crippen molar-refractivity contribution in [3.8, 4) is 0 Å². The summed E-state index contributed by atoms with van der Waals surface area (Å²) in [7, 11) is 0. The Bertz CT molecular complexity index is 237. The summed E-state index contributed by atoms with van der Waals surface area (Å²) in [5.41, 5.74) is -0.219. The highest BCUT2D eigenvalue weighted by Crippen LogP contribution is 2.18. The van der Waals surface area contributed by atoms with Crippen molar-refractivity contribution >= 4 is 5.91 Å². The molecule has 4 heteroatoms. The van der Waals surface area contributed by atoms with Crippen LogP contribution in [0.5, 0.6) is 0 Å². The van der Waals surface area contributed by atoms with Crippen LogP contribution in [-0.4, -0.2) is 36.7 Å². The summed E-state index contributed by atoms with van der Waals surface area (Å²) >= 11 is 0. The van der Waals surface area contributed by atoms with E-state index in [1.54, 1.807) is 0 Å². The summed E-state index contributed by atoms with van der Waals surface area (Å²) in [5.74, 6) is 0.0924. The second kappa shape index (κ2) is 5.64. The second-order valence-corrected chi connectivity index (χ2v) is 5.08. The van der Waals surface area contributed by atoms with Crippen LogP contribution in [0.3, 0.4) is 0 Å². The molecule has 0 bridgehead atoms. The SMILES string of the molecule is CCOC(C)(C)CNC(C)C(=O)NC1CC1. The highest BCUT2D eigenvalue weighted by Gasteiger charge is 2.26. The molecule has 1 unspecified atom stereocenters. The minimum atomic E-state index is -0.219. The van der Waals surface area contributed by atoms with Gasteiger partial charge in [-0.25, -0.2) is 0 Å². The Balaban J connectivity index is 2.21. The molecule has 0 aliphatic heterocycles. The normalized spacial score (nSPS) is 18.2. The zero-order chi connectivity index (χ0) is 12.2. The highest BCUT2D eigenvalue weighted by atomic mass is 16.5. The van der Waals surface area contributed by atoms with E-state index in [2.05, 4.69) is 10.6 Å². The van der Waals surface area contributed by atoms with Gasteiger partial charge in [-0.1, -0.05) is 0 Å². The zero-order valence-corrected chi connectivity index (χ0v) is 10.8. The Morgan fingerprint density at radius 1 is 1.50 bits per heavy atom. The Morgan fingerprint density at radius 3 is 2.62 bits per heavy atom. The number of nitrogens with one attached hydrogen (secondary N) is 2. The van der Waals surface area contributed by atoms with E-state index in [1.807, 2.05) is 27.7 Å². The number of amides is 1. The van der Waals surface area contributed by atoms with E-state index >= 15 is 0 Å². The molecule has 2 N–H and O–H groups in total. The Labute approximate surface area is 98.1 Å². The van der Waals surface area contributed by atoms with Gasteiger partial charge < -0.3 is 15.4 Å². The van der Waals surface area contributed by atoms with Crippen molar-refractivity contribution in [2.45, 2.75) is 58.2 Å². The standard InChI is InChI=1S/C12H24N2O2/c1-5-16-12(3,4)8-13-9(2)11(15)14-10-6-7-10/h9-10,13H,5-8H2,1-4H3,(H,14,15). The van der Waals surface area contributed by atoms with Crippen LogP contribution in [0.1, 0.15) is 40.5 Å². The van der Waals surface area contributed by atoms with Crippen LogP contribution in [-0.2, 0) is 9.53 Å². The maximum atomic E-state index is 11.7. The number of ether oxygens (including phenoxy) is 1. The van der Waals surface area contributed by atoms with Crippen LogP contribution >= 0.6 is 0 Å². The predicted molar refractivity (Wildman–Crippen MR) is 64.3 cm³/mol. The summed E-state index contributed by atoms with van der Waals surface area (Å²) in [5, 5.41) is 6.18. The third-order valence-corrected chi connectivity index (χ3v) is 2.69. The van der Waals surface area contributed by atoms with Crippen molar-refractivity contribution in [1.29, 1.82) is 0 Å². The maximum Gasteiger partial charge on any atom is 0.237 e. The molecular formula is C12H24N2O2. The second-order valence-electron chi connectivity index (χ2n) is 5.08. The molecule has 0 heterocycles. The molecule has 0 aromatic heterocycles. The molecule has 0 spiro atoms. The fraction of sp³-hybridized carbons (Fsp3) is 0.917. The van der Waals surface area contributed by atoms with Gasteiger partial charge in [-0.3, -0.25) is 4.79 Å². The smallest absolute Gasteiger partial charge is 0.237 e. The Hall–Kier alpha value is -0.610. The first-order chi connectivity index (χ1) is 7.44. The predicted octanol–water partition coefficient (Wildman–Crippen LogP) is 1.06. The van der Waals surface area contributed by atoms with Crippen LogP contribution in [0.2, 0.25) is 0 Å². The molecule has 0 aromatic rings. The van der Waals surface area contributed by atoms with Crippen LogP contribution in [0.15, 0.2) is 0 Å². The first-order valence-corrected chi connectivity index (χ1v) is 6.12. The van der Waals surface area contributed by atoms with Crippen LogP contribution < -0.4 is 10.6 Å². The Kier molecular flexibility index (Phi) is 4.74. The van der Waals surface area contributed by atoms with E-state index in [4.69, 9.17) is 4.74 Å². The molecule has 1 rings (SSSR count). The fourth-order valence-corrected chi connectivity index (χ4v) is 1.49. The first-order valence-electron chi connectivity index (χ1n) is 6.12. The Morgan fingerprint density at radius 2 is 2.12 bits per heavy atom. The van der Waals surface area contributed by atoms with E-state index in [-0.39, 0.29) is 17.6 Å². The lowest BCUT2D eigenvalue weighted by Crippen LogP contribution is -2.48. The van der Waals surface area contributed by atoms with E-state index in [1.165, 1.54) is 0 Å². The first kappa shape index (κ1) is 13.5. The van der Waals surface area contributed by atoms with Gasteiger partial charge in [-0.15, -0.1) is 0 Å².